The van der Waals surface area contributed by atoms with Crippen LogP contribution in [-0.4, -0.2) is 6.16 Å². The molecule has 1 heteroatoms. The fourth-order valence-corrected chi connectivity index (χ4v) is 3.30. The van der Waals surface area contributed by atoms with Crippen molar-refractivity contribution in [2.75, 3.05) is 6.16 Å². The van der Waals surface area contributed by atoms with Crippen molar-refractivity contribution in [3.05, 3.63) is 11.9 Å². The molecule has 0 aromatic heterocycles. The number of rotatable bonds is 0. The Kier molecular flexibility index (Phi) is 2.09. The van der Waals surface area contributed by atoms with Crippen LogP contribution in [0.5, 0.6) is 0 Å². The smallest absolute Gasteiger partial charge is 0.0290 e. The summed E-state index contributed by atoms with van der Waals surface area (Å²) in [6.07, 6.45) is 9.86. The summed E-state index contributed by atoms with van der Waals surface area (Å²) in [5.74, 6) is 4.57. The van der Waals surface area contributed by atoms with Gasteiger partial charge in [0.15, 0.2) is 0 Å². The highest BCUT2D eigenvalue weighted by atomic mass is 31.1. The lowest BCUT2D eigenvalue weighted by Crippen LogP contribution is -1.98. The van der Waals surface area contributed by atoms with Crippen molar-refractivity contribution in [2.24, 2.45) is 11.8 Å². The molecule has 1 saturated carbocycles. The average molecular weight is 154 g/mol. The standard InChI is InChI=1S/C9H15P/c1-2-8-3-4-9(6-8)7-10-5-1/h1,5,8-10H,2-4,6-7H2. The van der Waals surface area contributed by atoms with Gasteiger partial charge in [-0.2, -0.15) is 0 Å². The molecule has 0 radical (unpaired) electrons. The first-order chi connectivity index (χ1) is 4.95. The van der Waals surface area contributed by atoms with Crippen molar-refractivity contribution in [3.63, 3.8) is 0 Å². The molecular weight excluding hydrogens is 139 g/mol. The molecule has 0 saturated heterocycles. The van der Waals surface area contributed by atoms with Gasteiger partial charge in [0.25, 0.3) is 0 Å². The Balaban J connectivity index is 2.01. The second-order valence-corrected chi connectivity index (χ2v) is 4.74. The van der Waals surface area contributed by atoms with E-state index in [2.05, 4.69) is 11.9 Å². The Morgan fingerprint density at radius 1 is 1.20 bits per heavy atom. The molecule has 0 amide bonds. The normalized spacial score (nSPS) is 41.6. The molecule has 1 heterocycles. The first-order valence-corrected chi connectivity index (χ1v) is 5.62. The van der Waals surface area contributed by atoms with Crippen molar-refractivity contribution in [1.82, 2.24) is 0 Å². The number of hydrogen-bond donors (Lipinski definition) is 0. The largest absolute Gasteiger partial charge is 0.0985 e. The van der Waals surface area contributed by atoms with Crippen LogP contribution in [-0.2, 0) is 0 Å². The van der Waals surface area contributed by atoms with Crippen LogP contribution in [0.15, 0.2) is 11.9 Å². The molecule has 10 heavy (non-hydrogen) atoms. The van der Waals surface area contributed by atoms with Gasteiger partial charge in [-0.15, -0.1) is 0 Å². The summed E-state index contributed by atoms with van der Waals surface area (Å²) in [6.45, 7) is 0. The highest BCUT2D eigenvalue weighted by molar-refractivity contribution is 7.41. The van der Waals surface area contributed by atoms with E-state index >= 15 is 0 Å². The molecule has 0 N–H and O–H groups in total. The van der Waals surface area contributed by atoms with E-state index in [0.717, 1.165) is 20.4 Å². The fourth-order valence-electron chi connectivity index (χ4n) is 2.16. The maximum atomic E-state index is 2.41. The summed E-state index contributed by atoms with van der Waals surface area (Å²) in [6, 6.07) is 0. The molecular formula is C9H15P. The van der Waals surface area contributed by atoms with E-state index in [0.29, 0.717) is 0 Å². The SMILES string of the molecule is C1=CPCC2CCC(C1)C2. The van der Waals surface area contributed by atoms with E-state index in [1.54, 1.807) is 0 Å². The molecule has 0 aromatic carbocycles. The Morgan fingerprint density at radius 2 is 2.10 bits per heavy atom. The van der Waals surface area contributed by atoms with Gasteiger partial charge in [-0.25, -0.2) is 0 Å². The Morgan fingerprint density at radius 3 is 3.10 bits per heavy atom. The molecule has 0 aromatic rings. The summed E-state index contributed by atoms with van der Waals surface area (Å²) in [4.78, 5) is 0. The zero-order valence-corrected chi connectivity index (χ0v) is 7.34. The quantitative estimate of drug-likeness (QED) is 0.470. The van der Waals surface area contributed by atoms with E-state index in [4.69, 9.17) is 0 Å². The highest BCUT2D eigenvalue weighted by Gasteiger charge is 2.23. The maximum Gasteiger partial charge on any atom is -0.0290 e. The van der Waals surface area contributed by atoms with Crippen molar-refractivity contribution in [2.45, 2.75) is 25.7 Å². The van der Waals surface area contributed by atoms with Crippen LogP contribution in [0.4, 0.5) is 0 Å². The second kappa shape index (κ2) is 3.05. The van der Waals surface area contributed by atoms with Gasteiger partial charge < -0.3 is 0 Å². The Labute approximate surface area is 64.9 Å². The summed E-state index contributed by atoms with van der Waals surface area (Å²) < 4.78 is 0. The molecule has 3 atom stereocenters. The van der Waals surface area contributed by atoms with Crippen molar-refractivity contribution < 1.29 is 0 Å². The maximum absolute atomic E-state index is 2.41. The van der Waals surface area contributed by atoms with Gasteiger partial charge in [-0.3, -0.25) is 0 Å². The van der Waals surface area contributed by atoms with Crippen LogP contribution in [0, 0.1) is 11.8 Å². The zero-order chi connectivity index (χ0) is 6.81. The molecule has 0 spiro atoms. The van der Waals surface area contributed by atoms with E-state index < -0.39 is 0 Å². The number of hydrogen-bond acceptors (Lipinski definition) is 0. The third kappa shape index (κ3) is 1.42. The highest BCUT2D eigenvalue weighted by Crippen LogP contribution is 2.38. The molecule has 1 aliphatic heterocycles. The number of allylic oxidation sites excluding steroid dienone is 1. The van der Waals surface area contributed by atoms with Crippen molar-refractivity contribution >= 4 is 8.58 Å². The monoisotopic (exact) mass is 154 g/mol. The summed E-state index contributed by atoms with van der Waals surface area (Å²) in [5.41, 5.74) is 0. The van der Waals surface area contributed by atoms with Crippen LogP contribution < -0.4 is 0 Å². The van der Waals surface area contributed by atoms with Gasteiger partial charge in [0.2, 0.25) is 0 Å². The Hall–Kier alpha value is 0.170. The minimum absolute atomic E-state index is 1.06. The first-order valence-electron chi connectivity index (χ1n) is 4.33. The van der Waals surface area contributed by atoms with Gasteiger partial charge in [-0.1, -0.05) is 20.5 Å². The topological polar surface area (TPSA) is 0 Å². The average Bonchev–Trinajstić information content (AvgIpc) is 2.30. The Bertz CT molecular complexity index is 140. The molecule has 0 nitrogen and oxygen atoms in total. The third-order valence-electron chi connectivity index (χ3n) is 2.76. The van der Waals surface area contributed by atoms with E-state index in [-0.39, 0.29) is 0 Å². The summed E-state index contributed by atoms with van der Waals surface area (Å²) in [7, 11) is 1.12. The van der Waals surface area contributed by atoms with E-state index in [9.17, 15) is 0 Å². The van der Waals surface area contributed by atoms with Crippen LogP contribution in [0.1, 0.15) is 25.7 Å². The molecule has 1 fully saturated rings. The molecule has 2 rings (SSSR count). The molecule has 2 bridgehead atoms. The summed E-state index contributed by atoms with van der Waals surface area (Å²) >= 11 is 0. The van der Waals surface area contributed by atoms with E-state index in [1.807, 2.05) is 0 Å². The lowest BCUT2D eigenvalue weighted by Gasteiger charge is -2.11. The minimum atomic E-state index is 1.06. The number of fused-ring (bicyclic) bond motifs is 2. The molecule has 1 aliphatic carbocycles. The lowest BCUT2D eigenvalue weighted by molar-refractivity contribution is 0.523. The third-order valence-corrected chi connectivity index (χ3v) is 4.05. The lowest BCUT2D eigenvalue weighted by atomic mass is 10.0. The van der Waals surface area contributed by atoms with Gasteiger partial charge in [-0.05, 0) is 43.7 Å². The van der Waals surface area contributed by atoms with Gasteiger partial charge >= 0.3 is 0 Å². The molecule has 2 aliphatic rings. The van der Waals surface area contributed by atoms with Gasteiger partial charge in [0.05, 0.1) is 0 Å². The van der Waals surface area contributed by atoms with Crippen LogP contribution >= 0.6 is 8.58 Å². The summed E-state index contributed by atoms with van der Waals surface area (Å²) in [5, 5.41) is 0. The minimum Gasteiger partial charge on any atom is -0.0985 e. The molecule has 56 valence electrons. The van der Waals surface area contributed by atoms with E-state index in [1.165, 1.54) is 31.8 Å². The van der Waals surface area contributed by atoms with Gasteiger partial charge in [0, 0.05) is 0 Å². The molecule has 3 unspecified atom stereocenters. The van der Waals surface area contributed by atoms with Crippen LogP contribution in [0.25, 0.3) is 0 Å². The van der Waals surface area contributed by atoms with Crippen LogP contribution in [0.3, 0.4) is 0 Å². The second-order valence-electron chi connectivity index (χ2n) is 3.59. The van der Waals surface area contributed by atoms with Crippen molar-refractivity contribution in [3.8, 4) is 0 Å². The predicted octanol–water partition coefficient (Wildman–Crippen LogP) is 3.00. The fraction of sp³-hybridized carbons (Fsp3) is 0.778. The van der Waals surface area contributed by atoms with Crippen molar-refractivity contribution in [1.29, 1.82) is 0 Å². The first kappa shape index (κ1) is 6.85. The van der Waals surface area contributed by atoms with Gasteiger partial charge in [0.1, 0.15) is 0 Å². The zero-order valence-electron chi connectivity index (χ0n) is 6.34. The van der Waals surface area contributed by atoms with Crippen LogP contribution in [0.2, 0.25) is 0 Å². The predicted molar refractivity (Wildman–Crippen MR) is 47.8 cm³/mol.